The molecule has 1 aromatic heterocycles. The SMILES string of the molecule is CCC(c1nc2ccccc2c(=O)n1-c1ccc(C)cc1)N(CC)C(=O)C(Cl)Cl. The lowest BCUT2D eigenvalue weighted by atomic mass is 10.1. The highest BCUT2D eigenvalue weighted by atomic mass is 35.5. The van der Waals surface area contributed by atoms with E-state index in [1.54, 1.807) is 21.6 Å². The number of aromatic nitrogens is 2. The maximum absolute atomic E-state index is 13.4. The molecule has 0 radical (unpaired) electrons. The van der Waals surface area contributed by atoms with Gasteiger partial charge in [0.1, 0.15) is 5.82 Å². The van der Waals surface area contributed by atoms with E-state index < -0.39 is 16.8 Å². The number of carbonyl (C=O) groups excluding carboxylic acids is 1. The van der Waals surface area contributed by atoms with E-state index in [1.165, 1.54) is 0 Å². The number of aryl methyl sites for hydroxylation is 1. The fourth-order valence-corrected chi connectivity index (χ4v) is 3.76. The van der Waals surface area contributed by atoms with E-state index in [4.69, 9.17) is 28.2 Å². The Hall–Kier alpha value is -2.37. The third-order valence-corrected chi connectivity index (χ3v) is 5.34. The van der Waals surface area contributed by atoms with E-state index >= 15 is 0 Å². The Morgan fingerprint density at radius 1 is 1.10 bits per heavy atom. The predicted molar refractivity (Wildman–Crippen MR) is 118 cm³/mol. The highest BCUT2D eigenvalue weighted by molar-refractivity contribution is 6.53. The van der Waals surface area contributed by atoms with E-state index in [2.05, 4.69) is 0 Å². The van der Waals surface area contributed by atoms with Crippen LogP contribution in [0.1, 0.15) is 37.7 Å². The second-order valence-corrected chi connectivity index (χ2v) is 7.91. The van der Waals surface area contributed by atoms with Crippen molar-refractivity contribution in [2.75, 3.05) is 6.54 Å². The van der Waals surface area contributed by atoms with Crippen molar-refractivity contribution in [1.29, 1.82) is 0 Å². The number of amides is 1. The summed E-state index contributed by atoms with van der Waals surface area (Å²) in [4.78, 5) is 31.3. The van der Waals surface area contributed by atoms with E-state index in [0.717, 1.165) is 5.56 Å². The summed E-state index contributed by atoms with van der Waals surface area (Å²) in [5, 5.41) is 0.522. The second kappa shape index (κ2) is 8.97. The van der Waals surface area contributed by atoms with Crippen LogP contribution in [-0.4, -0.2) is 31.7 Å². The quantitative estimate of drug-likeness (QED) is 0.526. The fraction of sp³-hybridized carbons (Fsp3) is 0.318. The zero-order valence-corrected chi connectivity index (χ0v) is 18.1. The summed E-state index contributed by atoms with van der Waals surface area (Å²) in [5.41, 5.74) is 2.20. The van der Waals surface area contributed by atoms with Crippen molar-refractivity contribution in [2.24, 2.45) is 0 Å². The van der Waals surface area contributed by atoms with Gasteiger partial charge in [-0.2, -0.15) is 0 Å². The van der Waals surface area contributed by atoms with Gasteiger partial charge in [-0.05, 0) is 44.5 Å². The lowest BCUT2D eigenvalue weighted by Gasteiger charge is -2.31. The normalized spacial score (nSPS) is 12.3. The van der Waals surface area contributed by atoms with Crippen molar-refractivity contribution >= 4 is 40.0 Å². The Labute approximate surface area is 179 Å². The van der Waals surface area contributed by atoms with Gasteiger partial charge >= 0.3 is 0 Å². The smallest absolute Gasteiger partial charge is 0.266 e. The highest BCUT2D eigenvalue weighted by Crippen LogP contribution is 2.27. The van der Waals surface area contributed by atoms with Crippen molar-refractivity contribution in [1.82, 2.24) is 14.5 Å². The van der Waals surface area contributed by atoms with Crippen LogP contribution >= 0.6 is 23.2 Å². The van der Waals surface area contributed by atoms with Crippen molar-refractivity contribution in [2.45, 2.75) is 38.1 Å². The topological polar surface area (TPSA) is 55.2 Å². The van der Waals surface area contributed by atoms with E-state index in [9.17, 15) is 9.59 Å². The predicted octanol–water partition coefficient (Wildman–Crippen LogP) is 4.80. The van der Waals surface area contributed by atoms with Gasteiger partial charge in [0.15, 0.2) is 4.84 Å². The van der Waals surface area contributed by atoms with Crippen molar-refractivity contribution < 1.29 is 4.79 Å². The van der Waals surface area contributed by atoms with Gasteiger partial charge in [-0.25, -0.2) is 4.98 Å². The van der Waals surface area contributed by atoms with Gasteiger partial charge in [-0.3, -0.25) is 14.2 Å². The van der Waals surface area contributed by atoms with Gasteiger partial charge in [0.05, 0.1) is 22.6 Å². The first kappa shape index (κ1) is 21.3. The number of halogens is 2. The summed E-state index contributed by atoms with van der Waals surface area (Å²) in [6.45, 7) is 6.17. The number of alkyl halides is 2. The average molecular weight is 432 g/mol. The molecule has 1 unspecified atom stereocenters. The molecule has 0 saturated carbocycles. The molecule has 0 spiro atoms. The lowest BCUT2D eigenvalue weighted by molar-refractivity contribution is -0.131. The van der Waals surface area contributed by atoms with Crippen LogP contribution in [0.15, 0.2) is 53.3 Å². The summed E-state index contributed by atoms with van der Waals surface area (Å²) >= 11 is 11.8. The van der Waals surface area contributed by atoms with Crippen LogP contribution in [0.2, 0.25) is 0 Å². The third kappa shape index (κ3) is 4.16. The number of hydrogen-bond acceptors (Lipinski definition) is 3. The zero-order valence-electron chi connectivity index (χ0n) is 16.6. The minimum Gasteiger partial charge on any atom is -0.330 e. The van der Waals surface area contributed by atoms with Gasteiger partial charge in [0.2, 0.25) is 0 Å². The Kier molecular flexibility index (Phi) is 6.60. The summed E-state index contributed by atoms with van der Waals surface area (Å²) in [6.07, 6.45) is 0.552. The monoisotopic (exact) mass is 431 g/mol. The van der Waals surface area contributed by atoms with Gasteiger partial charge in [-0.15, -0.1) is 0 Å². The Morgan fingerprint density at radius 2 is 1.76 bits per heavy atom. The molecule has 0 N–H and O–H groups in total. The largest absolute Gasteiger partial charge is 0.330 e. The maximum atomic E-state index is 13.4. The zero-order chi connectivity index (χ0) is 21.1. The summed E-state index contributed by atoms with van der Waals surface area (Å²) < 4.78 is 1.59. The summed E-state index contributed by atoms with van der Waals surface area (Å²) in [5.74, 6) is 0.0878. The molecule has 0 aliphatic heterocycles. The average Bonchev–Trinajstić information content (AvgIpc) is 2.72. The molecule has 152 valence electrons. The molecule has 0 saturated heterocycles. The minimum atomic E-state index is -1.18. The standard InChI is InChI=1S/C22H23Cl2N3O2/c1-4-18(26(5-2)22(29)19(23)24)20-25-17-9-7-6-8-16(17)21(28)27(20)15-12-10-14(3)11-13-15/h6-13,18-19H,4-5H2,1-3H3. The molecular formula is C22H23Cl2N3O2. The molecule has 29 heavy (non-hydrogen) atoms. The van der Waals surface area contributed by atoms with Crippen molar-refractivity contribution in [3.63, 3.8) is 0 Å². The molecule has 0 fully saturated rings. The molecule has 2 aromatic carbocycles. The van der Waals surface area contributed by atoms with Crippen LogP contribution in [-0.2, 0) is 4.79 Å². The molecule has 1 atom stereocenters. The van der Waals surface area contributed by atoms with Gasteiger partial charge < -0.3 is 4.90 Å². The number of para-hydroxylation sites is 1. The first-order chi connectivity index (χ1) is 13.9. The van der Waals surface area contributed by atoms with Gasteiger partial charge in [-0.1, -0.05) is 60.0 Å². The van der Waals surface area contributed by atoms with Crippen LogP contribution < -0.4 is 5.56 Å². The van der Waals surface area contributed by atoms with E-state index in [0.29, 0.717) is 35.4 Å². The number of hydrogen-bond donors (Lipinski definition) is 0. The van der Waals surface area contributed by atoms with Crippen molar-refractivity contribution in [3.8, 4) is 5.69 Å². The van der Waals surface area contributed by atoms with Crippen LogP contribution in [0.4, 0.5) is 0 Å². The van der Waals surface area contributed by atoms with Crippen LogP contribution in [0.3, 0.4) is 0 Å². The van der Waals surface area contributed by atoms with E-state index in [-0.39, 0.29) is 5.56 Å². The minimum absolute atomic E-state index is 0.176. The Bertz CT molecular complexity index is 1080. The number of fused-ring (bicyclic) bond motifs is 1. The molecule has 0 bridgehead atoms. The Morgan fingerprint density at radius 3 is 2.34 bits per heavy atom. The first-order valence-electron chi connectivity index (χ1n) is 9.56. The Balaban J connectivity index is 2.32. The number of benzene rings is 2. The molecule has 3 aromatic rings. The first-order valence-corrected chi connectivity index (χ1v) is 10.4. The van der Waals surface area contributed by atoms with Gasteiger partial charge in [0, 0.05) is 6.54 Å². The molecule has 1 amide bonds. The van der Waals surface area contributed by atoms with Crippen LogP contribution in [0, 0.1) is 6.92 Å². The maximum Gasteiger partial charge on any atom is 0.266 e. The molecule has 3 rings (SSSR count). The lowest BCUT2D eigenvalue weighted by Crippen LogP contribution is -2.40. The fourth-order valence-electron chi connectivity index (χ4n) is 3.51. The number of nitrogens with zero attached hydrogens (tertiary/aromatic N) is 3. The van der Waals surface area contributed by atoms with Crippen LogP contribution in [0.5, 0.6) is 0 Å². The van der Waals surface area contributed by atoms with Gasteiger partial charge in [0.25, 0.3) is 11.5 Å². The summed E-state index contributed by atoms with van der Waals surface area (Å²) in [7, 11) is 0. The van der Waals surface area contributed by atoms with Crippen molar-refractivity contribution in [3.05, 3.63) is 70.3 Å². The summed E-state index contributed by atoms with van der Waals surface area (Å²) in [6, 6.07) is 14.4. The molecule has 7 heteroatoms. The highest BCUT2D eigenvalue weighted by Gasteiger charge is 2.30. The third-order valence-electron chi connectivity index (χ3n) is 4.97. The second-order valence-electron chi connectivity index (χ2n) is 6.81. The number of rotatable bonds is 6. The number of carbonyl (C=O) groups is 1. The molecular weight excluding hydrogens is 409 g/mol. The van der Waals surface area contributed by atoms with E-state index in [1.807, 2.05) is 57.2 Å². The molecule has 1 heterocycles. The van der Waals surface area contributed by atoms with Crippen LogP contribution in [0.25, 0.3) is 16.6 Å². The molecule has 0 aliphatic rings. The molecule has 0 aliphatic carbocycles. The molecule has 5 nitrogen and oxygen atoms in total.